The van der Waals surface area contributed by atoms with Crippen LogP contribution in [0.2, 0.25) is 5.02 Å². The van der Waals surface area contributed by atoms with Gasteiger partial charge in [0, 0.05) is 14.0 Å². The summed E-state index contributed by atoms with van der Waals surface area (Å²) in [6.07, 6.45) is 1.46. The summed E-state index contributed by atoms with van der Waals surface area (Å²) in [4.78, 5) is 10.8. The molecule has 1 aromatic rings. The van der Waals surface area contributed by atoms with Gasteiger partial charge in [-0.1, -0.05) is 19.0 Å². The maximum absolute atomic E-state index is 10.8. The Bertz CT molecular complexity index is 248. The van der Waals surface area contributed by atoms with E-state index in [1.54, 1.807) is 7.05 Å². The summed E-state index contributed by atoms with van der Waals surface area (Å²) in [7, 11) is 1.68. The minimum atomic E-state index is -0.0648. The molecule has 0 aliphatic rings. The van der Waals surface area contributed by atoms with Crippen molar-refractivity contribution in [1.82, 2.24) is 9.78 Å². The van der Waals surface area contributed by atoms with Gasteiger partial charge in [0.2, 0.25) is 0 Å². The number of aryl methyl sites for hydroxylation is 1. The lowest BCUT2D eigenvalue weighted by molar-refractivity contribution is 0.100. The summed E-state index contributed by atoms with van der Waals surface area (Å²) in [6.45, 7) is 1.46. The van der Waals surface area contributed by atoms with E-state index in [-0.39, 0.29) is 13.2 Å². The predicted molar refractivity (Wildman–Crippen MR) is 45.0 cm³/mol. The highest BCUT2D eigenvalue weighted by Crippen LogP contribution is 2.13. The van der Waals surface area contributed by atoms with Gasteiger partial charge in [0.1, 0.15) is 5.69 Å². The van der Waals surface area contributed by atoms with E-state index in [1.165, 1.54) is 17.8 Å². The van der Waals surface area contributed by atoms with Crippen LogP contribution < -0.4 is 0 Å². The first kappa shape index (κ1) is 10.2. The highest BCUT2D eigenvalue weighted by atomic mass is 35.5. The van der Waals surface area contributed by atoms with E-state index in [9.17, 15) is 4.79 Å². The zero-order valence-corrected chi connectivity index (χ0v) is 6.51. The van der Waals surface area contributed by atoms with Crippen molar-refractivity contribution in [3.05, 3.63) is 16.9 Å². The van der Waals surface area contributed by atoms with Gasteiger partial charge in [-0.05, 0) is 0 Å². The van der Waals surface area contributed by atoms with Gasteiger partial charge in [-0.15, -0.1) is 0 Å². The first-order valence-electron chi connectivity index (χ1n) is 2.81. The predicted octanol–water partition coefficient (Wildman–Crippen LogP) is 1.91. The molecular weight excluding hydrogens is 164 g/mol. The molecule has 4 heteroatoms. The minimum absolute atomic E-state index is 0. The Hall–Kier alpha value is -0.830. The van der Waals surface area contributed by atoms with Crippen molar-refractivity contribution in [2.24, 2.45) is 7.05 Å². The molecular formula is C7H11ClN2O. The number of carbonyl (C=O) groups excluding carboxylic acids is 1. The van der Waals surface area contributed by atoms with Crippen LogP contribution in [0, 0.1) is 0 Å². The number of hydrogen-bond acceptors (Lipinski definition) is 2. The number of halogens is 1. The van der Waals surface area contributed by atoms with Gasteiger partial charge in [0.15, 0.2) is 5.78 Å². The van der Waals surface area contributed by atoms with Gasteiger partial charge in [0.05, 0.1) is 11.2 Å². The molecule has 0 fully saturated rings. The first-order valence-corrected chi connectivity index (χ1v) is 3.19. The monoisotopic (exact) mass is 174 g/mol. The quantitative estimate of drug-likeness (QED) is 0.610. The molecule has 11 heavy (non-hydrogen) atoms. The summed E-state index contributed by atoms with van der Waals surface area (Å²) < 4.78 is 1.46. The largest absolute Gasteiger partial charge is 0.293 e. The lowest BCUT2D eigenvalue weighted by Gasteiger charge is -1.94. The Kier molecular flexibility index (Phi) is 3.26. The lowest BCUT2D eigenvalue weighted by Crippen LogP contribution is -2.02. The normalized spacial score (nSPS) is 9.00. The Morgan fingerprint density at radius 1 is 1.73 bits per heavy atom. The molecule has 0 N–H and O–H groups in total. The zero-order valence-electron chi connectivity index (χ0n) is 5.76. The molecule has 0 aliphatic heterocycles. The average Bonchev–Trinajstić information content (AvgIpc) is 2.11. The van der Waals surface area contributed by atoms with Gasteiger partial charge in [-0.25, -0.2) is 0 Å². The molecule has 0 unspecified atom stereocenters. The van der Waals surface area contributed by atoms with Crippen molar-refractivity contribution in [3.63, 3.8) is 0 Å². The van der Waals surface area contributed by atoms with Gasteiger partial charge < -0.3 is 0 Å². The Balaban J connectivity index is 0.000001000. The fraction of sp³-hybridized carbons (Fsp3) is 0.429. The van der Waals surface area contributed by atoms with E-state index in [2.05, 4.69) is 5.10 Å². The Labute approximate surface area is 71.0 Å². The summed E-state index contributed by atoms with van der Waals surface area (Å²) in [5, 5.41) is 4.21. The molecule has 0 amide bonds. The fourth-order valence-corrected chi connectivity index (χ4v) is 1.11. The van der Waals surface area contributed by atoms with Crippen LogP contribution in [0.3, 0.4) is 0 Å². The van der Waals surface area contributed by atoms with E-state index < -0.39 is 0 Å². The molecule has 1 heterocycles. The van der Waals surface area contributed by atoms with E-state index >= 15 is 0 Å². The SMILES string of the molecule is C.CC(=O)c1c(Cl)cnn1C. The summed E-state index contributed by atoms with van der Waals surface area (Å²) >= 11 is 5.64. The van der Waals surface area contributed by atoms with Crippen LogP contribution in [0.4, 0.5) is 0 Å². The topological polar surface area (TPSA) is 34.9 Å². The number of rotatable bonds is 1. The lowest BCUT2D eigenvalue weighted by atomic mass is 10.3. The second kappa shape index (κ2) is 3.53. The molecule has 0 radical (unpaired) electrons. The maximum Gasteiger partial charge on any atom is 0.179 e. The van der Waals surface area contributed by atoms with Crippen molar-refractivity contribution < 1.29 is 4.79 Å². The van der Waals surface area contributed by atoms with E-state index in [4.69, 9.17) is 11.6 Å². The number of hydrogen-bond donors (Lipinski definition) is 0. The third-order valence-electron chi connectivity index (χ3n) is 1.23. The zero-order chi connectivity index (χ0) is 7.72. The van der Waals surface area contributed by atoms with Crippen LogP contribution in [-0.4, -0.2) is 15.6 Å². The van der Waals surface area contributed by atoms with Gasteiger partial charge in [-0.3, -0.25) is 9.48 Å². The Morgan fingerprint density at radius 3 is 2.45 bits per heavy atom. The number of ketones is 1. The summed E-state index contributed by atoms with van der Waals surface area (Å²) in [6, 6.07) is 0. The molecule has 1 rings (SSSR count). The van der Waals surface area contributed by atoms with Gasteiger partial charge in [-0.2, -0.15) is 5.10 Å². The van der Waals surface area contributed by atoms with E-state index in [0.29, 0.717) is 10.7 Å². The van der Waals surface area contributed by atoms with Crippen molar-refractivity contribution in [1.29, 1.82) is 0 Å². The van der Waals surface area contributed by atoms with Crippen LogP contribution in [0.5, 0.6) is 0 Å². The number of aromatic nitrogens is 2. The standard InChI is InChI=1S/C6H7ClN2O.CH4/c1-4(10)6-5(7)3-8-9(6)2;/h3H,1-2H3;1H4. The van der Waals surface area contributed by atoms with Crippen LogP contribution in [0.15, 0.2) is 6.20 Å². The molecule has 0 atom stereocenters. The smallest absolute Gasteiger partial charge is 0.179 e. The van der Waals surface area contributed by atoms with Gasteiger partial charge >= 0.3 is 0 Å². The first-order chi connectivity index (χ1) is 4.63. The molecule has 3 nitrogen and oxygen atoms in total. The van der Waals surface area contributed by atoms with Crippen molar-refractivity contribution >= 4 is 17.4 Å². The molecule has 62 valence electrons. The van der Waals surface area contributed by atoms with Crippen molar-refractivity contribution in [3.8, 4) is 0 Å². The minimum Gasteiger partial charge on any atom is -0.293 e. The third kappa shape index (κ3) is 1.80. The fourth-order valence-electron chi connectivity index (χ4n) is 0.807. The van der Waals surface area contributed by atoms with E-state index in [0.717, 1.165) is 0 Å². The molecule has 0 aliphatic carbocycles. The van der Waals surface area contributed by atoms with Crippen LogP contribution >= 0.6 is 11.6 Å². The summed E-state index contributed by atoms with van der Waals surface area (Å²) in [5.74, 6) is -0.0648. The number of Topliss-reactive ketones (excluding diaryl/α,β-unsaturated/α-hetero) is 1. The molecule has 0 saturated heterocycles. The number of nitrogens with zero attached hydrogens (tertiary/aromatic N) is 2. The van der Waals surface area contributed by atoms with Crippen molar-refractivity contribution in [2.45, 2.75) is 14.4 Å². The highest BCUT2D eigenvalue weighted by molar-refractivity contribution is 6.33. The molecule has 0 spiro atoms. The number of carbonyl (C=O) groups is 1. The summed E-state index contributed by atoms with van der Waals surface area (Å²) in [5.41, 5.74) is 0.460. The average molecular weight is 175 g/mol. The highest BCUT2D eigenvalue weighted by Gasteiger charge is 2.09. The van der Waals surface area contributed by atoms with Gasteiger partial charge in [0.25, 0.3) is 0 Å². The molecule has 0 bridgehead atoms. The van der Waals surface area contributed by atoms with Crippen molar-refractivity contribution in [2.75, 3.05) is 0 Å². The van der Waals surface area contributed by atoms with Crippen LogP contribution in [0.1, 0.15) is 24.8 Å². The third-order valence-corrected chi connectivity index (χ3v) is 1.50. The molecule has 0 saturated carbocycles. The van der Waals surface area contributed by atoms with Crippen LogP contribution in [0.25, 0.3) is 0 Å². The van der Waals surface area contributed by atoms with E-state index in [1.807, 2.05) is 0 Å². The second-order valence-electron chi connectivity index (χ2n) is 2.02. The second-order valence-corrected chi connectivity index (χ2v) is 2.43. The molecule has 1 aromatic heterocycles. The van der Waals surface area contributed by atoms with Crippen LogP contribution in [-0.2, 0) is 7.05 Å². The molecule has 0 aromatic carbocycles. The maximum atomic E-state index is 10.8. The Morgan fingerprint density at radius 2 is 2.27 bits per heavy atom.